The third kappa shape index (κ3) is 6.12. The minimum atomic E-state index is -4.70. The zero-order valence-corrected chi connectivity index (χ0v) is 6.29. The lowest BCUT2D eigenvalue weighted by atomic mass is 10.5. The molecule has 0 aliphatic carbocycles. The molecule has 0 unspecified atom stereocenters. The smallest absolute Gasteiger partial charge is 0.302 e. The van der Waals surface area contributed by atoms with Gasteiger partial charge in [-0.25, -0.2) is 4.57 Å². The van der Waals surface area contributed by atoms with E-state index in [1.165, 1.54) is 0 Å². The van der Waals surface area contributed by atoms with Gasteiger partial charge in [0.25, 0.3) is 0 Å². The maximum Gasteiger partial charge on any atom is 0.488 e. The highest BCUT2D eigenvalue weighted by Crippen LogP contribution is 2.37. The Kier molecular flexibility index (Phi) is 4.00. The van der Waals surface area contributed by atoms with Crippen LogP contribution in [-0.2, 0) is 9.19 Å². The van der Waals surface area contributed by atoms with Crippen LogP contribution in [0, 0.1) is 0 Å². The Morgan fingerprint density at radius 1 is 1.70 bits per heavy atom. The fourth-order valence-electron chi connectivity index (χ4n) is 0.332. The van der Waals surface area contributed by atoms with E-state index in [9.17, 15) is 9.05 Å². The molecule has 0 bridgehead atoms. The molecule has 0 radical (unpaired) electrons. The molecule has 0 aliphatic heterocycles. The Labute approximate surface area is 57.5 Å². The van der Waals surface area contributed by atoms with Gasteiger partial charge in [-0.15, -0.1) is 4.48 Å². The van der Waals surface area contributed by atoms with Crippen LogP contribution in [0.2, 0.25) is 0 Å². The average molecular weight is 173 g/mol. The van der Waals surface area contributed by atoms with Crippen LogP contribution < -0.4 is 0 Å². The van der Waals surface area contributed by atoms with Crippen molar-refractivity contribution in [2.24, 2.45) is 0 Å². The van der Waals surface area contributed by atoms with Crippen molar-refractivity contribution in [2.45, 2.75) is 13.3 Å². The first-order chi connectivity index (χ1) is 4.45. The number of rotatable bonds is 4. The third-order valence-corrected chi connectivity index (χ3v) is 0.984. The highest BCUT2D eigenvalue weighted by molar-refractivity contribution is 7.46. The van der Waals surface area contributed by atoms with Crippen molar-refractivity contribution in [3.8, 4) is 0 Å². The SMILES string of the molecule is CCCN(F)OP(=O)(O)O. The van der Waals surface area contributed by atoms with E-state index < -0.39 is 7.82 Å². The van der Waals surface area contributed by atoms with E-state index in [-0.39, 0.29) is 11.8 Å². The molecule has 5 nitrogen and oxygen atoms in total. The summed E-state index contributed by atoms with van der Waals surface area (Å²) in [6.07, 6.45) is 0.413. The van der Waals surface area contributed by atoms with Crippen molar-refractivity contribution >= 4 is 7.82 Å². The number of hydrogen-bond donors (Lipinski definition) is 2. The molecule has 10 heavy (non-hydrogen) atoms. The lowest BCUT2D eigenvalue weighted by Gasteiger charge is -2.09. The van der Waals surface area contributed by atoms with E-state index in [0.717, 1.165) is 0 Å². The molecule has 0 aromatic rings. The van der Waals surface area contributed by atoms with Gasteiger partial charge in [-0.05, 0) is 11.7 Å². The fraction of sp³-hybridized carbons (Fsp3) is 1.00. The zero-order valence-electron chi connectivity index (χ0n) is 5.40. The molecule has 0 aromatic carbocycles. The van der Waals surface area contributed by atoms with Crippen LogP contribution in [0.1, 0.15) is 13.3 Å². The highest BCUT2D eigenvalue weighted by Gasteiger charge is 2.19. The molecule has 0 atom stereocenters. The molecule has 0 rings (SSSR count). The third-order valence-electron chi connectivity index (χ3n) is 0.594. The van der Waals surface area contributed by atoms with Crippen LogP contribution in [0.25, 0.3) is 0 Å². The van der Waals surface area contributed by atoms with Gasteiger partial charge in [0, 0.05) is 0 Å². The zero-order chi connectivity index (χ0) is 8.20. The molecule has 0 spiro atoms. The van der Waals surface area contributed by atoms with E-state index in [0.29, 0.717) is 6.42 Å². The second kappa shape index (κ2) is 4.00. The summed E-state index contributed by atoms with van der Waals surface area (Å²) in [5, 5.41) is -0.374. The Bertz CT molecular complexity index is 136. The standard InChI is InChI=1S/C3H9FNO4P/c1-2-3-5(4)9-10(6,7)8/h2-3H2,1H3,(H2,6,7,8). The lowest BCUT2D eigenvalue weighted by molar-refractivity contribution is -0.220. The van der Waals surface area contributed by atoms with Crippen LogP contribution in [0.15, 0.2) is 0 Å². The van der Waals surface area contributed by atoms with Gasteiger partial charge in [0.2, 0.25) is 0 Å². The van der Waals surface area contributed by atoms with Gasteiger partial charge >= 0.3 is 7.82 Å². The Balaban J connectivity index is 3.58. The largest absolute Gasteiger partial charge is 0.488 e. The molecule has 2 N–H and O–H groups in total. The van der Waals surface area contributed by atoms with Crippen LogP contribution in [0.5, 0.6) is 0 Å². The predicted molar refractivity (Wildman–Crippen MR) is 31.2 cm³/mol. The van der Waals surface area contributed by atoms with Crippen molar-refractivity contribution in [1.29, 1.82) is 0 Å². The molecule has 62 valence electrons. The van der Waals surface area contributed by atoms with Gasteiger partial charge in [-0.3, -0.25) is 0 Å². The number of halogens is 1. The fourth-order valence-corrected chi connectivity index (χ4v) is 0.645. The first kappa shape index (κ1) is 10.0. The Morgan fingerprint density at radius 2 is 2.20 bits per heavy atom. The van der Waals surface area contributed by atoms with Crippen molar-refractivity contribution in [2.75, 3.05) is 6.54 Å². The average Bonchev–Trinajstić information content (AvgIpc) is 1.59. The summed E-state index contributed by atoms with van der Waals surface area (Å²) in [5.74, 6) is 0. The van der Waals surface area contributed by atoms with E-state index in [2.05, 4.69) is 4.62 Å². The van der Waals surface area contributed by atoms with Crippen molar-refractivity contribution < 1.29 is 23.5 Å². The minimum absolute atomic E-state index is 0.162. The van der Waals surface area contributed by atoms with Gasteiger partial charge in [0.1, 0.15) is 0 Å². The van der Waals surface area contributed by atoms with Gasteiger partial charge in [0.15, 0.2) is 0 Å². The molecule has 0 saturated carbocycles. The van der Waals surface area contributed by atoms with Crippen molar-refractivity contribution in [1.82, 2.24) is 5.29 Å². The summed E-state index contributed by atoms with van der Waals surface area (Å²) < 4.78 is 25.4. The topological polar surface area (TPSA) is 70.0 Å². The van der Waals surface area contributed by atoms with Crippen LogP contribution in [0.3, 0.4) is 0 Å². The molecular weight excluding hydrogens is 164 g/mol. The molecular formula is C3H9FNO4P. The normalized spacial score (nSPS) is 12.5. The van der Waals surface area contributed by atoms with Gasteiger partial charge < -0.3 is 9.79 Å². The lowest BCUT2D eigenvalue weighted by Crippen LogP contribution is -2.13. The van der Waals surface area contributed by atoms with Gasteiger partial charge in [-0.2, -0.15) is 4.62 Å². The summed E-state index contributed by atoms with van der Waals surface area (Å²) >= 11 is 0. The Hall–Kier alpha value is -0.0000000000000000416. The summed E-state index contributed by atoms with van der Waals surface area (Å²) in [7, 11) is -4.70. The maximum absolute atomic E-state index is 12.0. The Morgan fingerprint density at radius 3 is 2.50 bits per heavy atom. The van der Waals surface area contributed by atoms with E-state index in [1.54, 1.807) is 6.92 Å². The minimum Gasteiger partial charge on any atom is -0.302 e. The summed E-state index contributed by atoms with van der Waals surface area (Å²) in [5.41, 5.74) is 0. The van der Waals surface area contributed by atoms with E-state index >= 15 is 0 Å². The van der Waals surface area contributed by atoms with E-state index in [1.807, 2.05) is 0 Å². The number of hydrogen-bond acceptors (Lipinski definition) is 3. The van der Waals surface area contributed by atoms with Gasteiger partial charge in [-0.1, -0.05) is 6.92 Å². The highest BCUT2D eigenvalue weighted by atomic mass is 31.2. The summed E-state index contributed by atoms with van der Waals surface area (Å²) in [6.45, 7) is 1.49. The molecule has 0 heterocycles. The molecule has 0 saturated heterocycles. The summed E-state index contributed by atoms with van der Waals surface area (Å²) in [4.78, 5) is 16.0. The predicted octanol–water partition coefficient (Wildman–Crippen LogP) is 0.607. The maximum atomic E-state index is 12.0. The molecule has 7 heteroatoms. The molecule has 0 aliphatic rings. The van der Waals surface area contributed by atoms with Crippen LogP contribution in [-0.4, -0.2) is 21.6 Å². The van der Waals surface area contributed by atoms with E-state index in [4.69, 9.17) is 9.79 Å². The summed E-state index contributed by atoms with van der Waals surface area (Å²) in [6, 6.07) is 0. The second-order valence-electron chi connectivity index (χ2n) is 1.61. The number of phosphoric acid groups is 1. The van der Waals surface area contributed by atoms with Crippen molar-refractivity contribution in [3.05, 3.63) is 0 Å². The second-order valence-corrected chi connectivity index (χ2v) is 2.76. The molecule has 0 aromatic heterocycles. The van der Waals surface area contributed by atoms with Gasteiger partial charge in [0.05, 0.1) is 6.54 Å². The van der Waals surface area contributed by atoms with Crippen molar-refractivity contribution in [3.63, 3.8) is 0 Å². The molecule has 0 amide bonds. The number of nitrogens with zero attached hydrogens (tertiary/aromatic N) is 1. The monoisotopic (exact) mass is 173 g/mol. The first-order valence-corrected chi connectivity index (χ1v) is 4.17. The van der Waals surface area contributed by atoms with Crippen LogP contribution in [0.4, 0.5) is 4.48 Å². The molecule has 0 fully saturated rings. The first-order valence-electron chi connectivity index (χ1n) is 2.64. The number of hydroxylamine groups is 1. The quantitative estimate of drug-likeness (QED) is 0.370. The van der Waals surface area contributed by atoms with Crippen LogP contribution >= 0.6 is 7.82 Å².